The number of methoxy groups -OCH3 is 2. The van der Waals surface area contributed by atoms with Gasteiger partial charge in [0.15, 0.2) is 11.5 Å². The molecule has 0 spiro atoms. The number of halogens is 1. The van der Waals surface area contributed by atoms with E-state index in [0.29, 0.717) is 22.9 Å². The minimum absolute atomic E-state index is 0.105. The van der Waals surface area contributed by atoms with E-state index in [4.69, 9.17) is 26.8 Å². The maximum Gasteiger partial charge on any atom is 0.160 e. The maximum atomic E-state index is 6.23. The second-order valence-corrected chi connectivity index (χ2v) is 4.99. The molecule has 0 radical (unpaired) electrons. The number of nitrogens with two attached hydrogens (primary N) is 1. The molecule has 106 valence electrons. The van der Waals surface area contributed by atoms with E-state index in [1.54, 1.807) is 14.2 Å². The third-order valence-corrected chi connectivity index (χ3v) is 3.42. The fraction of sp³-hybridized carbons (Fsp3) is 0.250. The highest BCUT2D eigenvalue weighted by Gasteiger charge is 2.10. The van der Waals surface area contributed by atoms with Gasteiger partial charge in [-0.15, -0.1) is 0 Å². The van der Waals surface area contributed by atoms with E-state index in [1.807, 2.05) is 42.5 Å². The molecule has 2 aromatic carbocycles. The summed E-state index contributed by atoms with van der Waals surface area (Å²) in [5.74, 6) is 1.43. The van der Waals surface area contributed by atoms with Gasteiger partial charge in [0.05, 0.1) is 14.2 Å². The van der Waals surface area contributed by atoms with Crippen LogP contribution in [0.3, 0.4) is 0 Å². The first-order valence-corrected chi connectivity index (χ1v) is 6.73. The summed E-state index contributed by atoms with van der Waals surface area (Å²) in [5, 5.41) is 0.699. The standard InChI is InChI=1S/C16H18ClNO2/c1-19-15-7-6-11(9-16(15)20-2)8-14(18)12-4-3-5-13(17)10-12/h3-7,9-10,14H,8,18H2,1-2H3. The Hall–Kier alpha value is -1.71. The molecule has 0 fully saturated rings. The number of hydrogen-bond donors (Lipinski definition) is 1. The number of ether oxygens (including phenoxy) is 2. The Bertz CT molecular complexity index is 586. The minimum Gasteiger partial charge on any atom is -0.493 e. The first kappa shape index (κ1) is 14.7. The van der Waals surface area contributed by atoms with E-state index in [0.717, 1.165) is 11.1 Å². The highest BCUT2D eigenvalue weighted by molar-refractivity contribution is 6.30. The van der Waals surface area contributed by atoms with Crippen LogP contribution < -0.4 is 15.2 Å². The van der Waals surface area contributed by atoms with Crippen molar-refractivity contribution in [3.8, 4) is 11.5 Å². The smallest absolute Gasteiger partial charge is 0.160 e. The Kier molecular flexibility index (Phi) is 4.88. The summed E-state index contributed by atoms with van der Waals surface area (Å²) < 4.78 is 10.5. The lowest BCUT2D eigenvalue weighted by Gasteiger charge is -2.14. The van der Waals surface area contributed by atoms with Gasteiger partial charge in [0.1, 0.15) is 0 Å². The molecule has 2 N–H and O–H groups in total. The third kappa shape index (κ3) is 3.44. The van der Waals surface area contributed by atoms with Crippen LogP contribution >= 0.6 is 11.6 Å². The monoisotopic (exact) mass is 291 g/mol. The molecule has 0 aliphatic carbocycles. The normalized spacial score (nSPS) is 12.0. The van der Waals surface area contributed by atoms with Crippen molar-refractivity contribution >= 4 is 11.6 Å². The molecule has 0 bridgehead atoms. The largest absolute Gasteiger partial charge is 0.493 e. The van der Waals surface area contributed by atoms with Crippen LogP contribution in [0.1, 0.15) is 17.2 Å². The summed E-state index contributed by atoms with van der Waals surface area (Å²) in [5.41, 5.74) is 8.34. The van der Waals surface area contributed by atoms with Crippen molar-refractivity contribution in [2.45, 2.75) is 12.5 Å². The average molecular weight is 292 g/mol. The molecule has 0 saturated heterocycles. The van der Waals surface area contributed by atoms with Crippen molar-refractivity contribution in [2.24, 2.45) is 5.73 Å². The Labute approximate surface area is 124 Å². The quantitative estimate of drug-likeness (QED) is 0.915. The summed E-state index contributed by atoms with van der Waals surface area (Å²) >= 11 is 5.99. The highest BCUT2D eigenvalue weighted by Crippen LogP contribution is 2.29. The SMILES string of the molecule is COc1ccc(CC(N)c2cccc(Cl)c2)cc1OC. The van der Waals surface area contributed by atoms with Gasteiger partial charge in [-0.2, -0.15) is 0 Å². The van der Waals surface area contributed by atoms with Crippen molar-refractivity contribution in [2.75, 3.05) is 14.2 Å². The molecule has 3 nitrogen and oxygen atoms in total. The van der Waals surface area contributed by atoms with Gasteiger partial charge in [-0.1, -0.05) is 29.8 Å². The first-order chi connectivity index (χ1) is 9.63. The molecule has 1 atom stereocenters. The average Bonchev–Trinajstić information content (AvgIpc) is 2.47. The van der Waals surface area contributed by atoms with Gasteiger partial charge in [0.25, 0.3) is 0 Å². The van der Waals surface area contributed by atoms with E-state index in [2.05, 4.69) is 0 Å². The lowest BCUT2D eigenvalue weighted by molar-refractivity contribution is 0.354. The van der Waals surface area contributed by atoms with Crippen LogP contribution in [-0.2, 0) is 6.42 Å². The predicted molar refractivity (Wildman–Crippen MR) is 81.6 cm³/mol. The fourth-order valence-electron chi connectivity index (χ4n) is 2.12. The highest BCUT2D eigenvalue weighted by atomic mass is 35.5. The van der Waals surface area contributed by atoms with Crippen LogP contribution in [0, 0.1) is 0 Å². The Morgan fingerprint density at radius 1 is 1.05 bits per heavy atom. The minimum atomic E-state index is -0.105. The summed E-state index contributed by atoms with van der Waals surface area (Å²) in [6.45, 7) is 0. The van der Waals surface area contributed by atoms with Gasteiger partial charge in [-0.3, -0.25) is 0 Å². The lowest BCUT2D eigenvalue weighted by Crippen LogP contribution is -2.13. The molecule has 0 heterocycles. The zero-order valence-electron chi connectivity index (χ0n) is 11.6. The molecule has 0 saturated carbocycles. The van der Waals surface area contributed by atoms with E-state index in [1.165, 1.54) is 0 Å². The molecular formula is C16H18ClNO2. The van der Waals surface area contributed by atoms with Crippen molar-refractivity contribution < 1.29 is 9.47 Å². The first-order valence-electron chi connectivity index (χ1n) is 6.36. The van der Waals surface area contributed by atoms with Crippen LogP contribution in [0.2, 0.25) is 5.02 Å². The van der Waals surface area contributed by atoms with Crippen molar-refractivity contribution in [1.29, 1.82) is 0 Å². The van der Waals surface area contributed by atoms with Crippen molar-refractivity contribution in [3.05, 3.63) is 58.6 Å². The Morgan fingerprint density at radius 2 is 1.80 bits per heavy atom. The molecule has 0 aliphatic heterocycles. The zero-order chi connectivity index (χ0) is 14.5. The molecule has 0 amide bonds. The van der Waals surface area contributed by atoms with Gasteiger partial charge in [-0.05, 0) is 41.8 Å². The molecule has 20 heavy (non-hydrogen) atoms. The second kappa shape index (κ2) is 6.64. The topological polar surface area (TPSA) is 44.5 Å². The number of benzene rings is 2. The van der Waals surface area contributed by atoms with E-state index >= 15 is 0 Å². The zero-order valence-corrected chi connectivity index (χ0v) is 12.4. The van der Waals surface area contributed by atoms with Gasteiger partial charge in [-0.25, -0.2) is 0 Å². The molecule has 1 unspecified atom stereocenters. The number of rotatable bonds is 5. The van der Waals surface area contributed by atoms with Gasteiger partial charge in [0, 0.05) is 11.1 Å². The number of hydrogen-bond acceptors (Lipinski definition) is 3. The summed E-state index contributed by atoms with van der Waals surface area (Å²) in [6, 6.07) is 13.4. The molecule has 0 aromatic heterocycles. The van der Waals surface area contributed by atoms with Crippen LogP contribution in [0.25, 0.3) is 0 Å². The summed E-state index contributed by atoms with van der Waals surface area (Å²) in [7, 11) is 3.24. The predicted octanol–water partition coefficient (Wildman–Crippen LogP) is 3.60. The van der Waals surface area contributed by atoms with Gasteiger partial charge < -0.3 is 15.2 Å². The van der Waals surface area contributed by atoms with Gasteiger partial charge in [0.2, 0.25) is 0 Å². The van der Waals surface area contributed by atoms with Crippen molar-refractivity contribution in [3.63, 3.8) is 0 Å². The van der Waals surface area contributed by atoms with Crippen LogP contribution in [0.15, 0.2) is 42.5 Å². The second-order valence-electron chi connectivity index (χ2n) is 4.55. The van der Waals surface area contributed by atoms with Crippen molar-refractivity contribution in [1.82, 2.24) is 0 Å². The molecule has 4 heteroatoms. The maximum absolute atomic E-state index is 6.23. The molecular weight excluding hydrogens is 274 g/mol. The summed E-state index contributed by atoms with van der Waals surface area (Å²) in [4.78, 5) is 0. The Balaban J connectivity index is 2.17. The van der Waals surface area contributed by atoms with E-state index in [-0.39, 0.29) is 6.04 Å². The third-order valence-electron chi connectivity index (χ3n) is 3.18. The van der Waals surface area contributed by atoms with Crippen LogP contribution in [-0.4, -0.2) is 14.2 Å². The van der Waals surface area contributed by atoms with E-state index < -0.39 is 0 Å². The lowest BCUT2D eigenvalue weighted by atomic mass is 9.99. The molecule has 2 rings (SSSR count). The summed E-state index contributed by atoms with van der Waals surface area (Å²) in [6.07, 6.45) is 0.709. The van der Waals surface area contributed by atoms with Crippen LogP contribution in [0.5, 0.6) is 11.5 Å². The van der Waals surface area contributed by atoms with E-state index in [9.17, 15) is 0 Å². The molecule has 2 aromatic rings. The molecule has 0 aliphatic rings. The Morgan fingerprint density at radius 3 is 2.45 bits per heavy atom. The van der Waals surface area contributed by atoms with Gasteiger partial charge >= 0.3 is 0 Å². The van der Waals surface area contributed by atoms with Crippen LogP contribution in [0.4, 0.5) is 0 Å². The fourth-order valence-corrected chi connectivity index (χ4v) is 2.32.